The Kier molecular flexibility index (Phi) is 7.03. The van der Waals surface area contributed by atoms with Gasteiger partial charge in [0, 0.05) is 12.6 Å². The van der Waals surface area contributed by atoms with Gasteiger partial charge in [0.05, 0.1) is 6.10 Å². The Morgan fingerprint density at radius 1 is 1.20 bits per heavy atom. The Hall–Kier alpha value is -0.0800. The van der Waals surface area contributed by atoms with Crippen molar-refractivity contribution in [2.45, 2.75) is 70.9 Å². The molecule has 1 saturated heterocycles. The molecule has 0 aromatic rings. The van der Waals surface area contributed by atoms with E-state index in [9.17, 15) is 0 Å². The van der Waals surface area contributed by atoms with Crippen LogP contribution >= 0.6 is 0 Å². The molecule has 0 spiro atoms. The molecule has 1 aliphatic rings. The fourth-order valence-corrected chi connectivity index (χ4v) is 2.11. The SMILES string of the molecule is CC(C)NCCCCCCC1CCCO1. The lowest BCUT2D eigenvalue weighted by atomic mass is 10.1. The third-order valence-corrected chi connectivity index (χ3v) is 3.03. The van der Waals surface area contributed by atoms with Gasteiger partial charge in [0.15, 0.2) is 0 Å². The zero-order chi connectivity index (χ0) is 10.9. The zero-order valence-electron chi connectivity index (χ0n) is 10.4. The summed E-state index contributed by atoms with van der Waals surface area (Å²) >= 11 is 0. The lowest BCUT2D eigenvalue weighted by Crippen LogP contribution is -2.23. The second kappa shape index (κ2) is 8.12. The number of rotatable bonds is 8. The van der Waals surface area contributed by atoms with Crippen LogP contribution in [0.15, 0.2) is 0 Å². The van der Waals surface area contributed by atoms with Crippen molar-refractivity contribution < 1.29 is 4.74 Å². The van der Waals surface area contributed by atoms with Crippen molar-refractivity contribution in [3.05, 3.63) is 0 Å². The van der Waals surface area contributed by atoms with E-state index in [1.54, 1.807) is 0 Å². The Bertz CT molecular complexity index is 141. The summed E-state index contributed by atoms with van der Waals surface area (Å²) in [5.74, 6) is 0. The van der Waals surface area contributed by atoms with E-state index in [0.717, 1.165) is 6.61 Å². The van der Waals surface area contributed by atoms with Gasteiger partial charge in [-0.05, 0) is 32.2 Å². The molecule has 90 valence electrons. The smallest absolute Gasteiger partial charge is 0.0576 e. The number of unbranched alkanes of at least 4 members (excludes halogenated alkanes) is 3. The minimum atomic E-state index is 0.596. The normalized spacial score (nSPS) is 21.4. The first-order valence-corrected chi connectivity index (χ1v) is 6.64. The molecule has 1 rings (SSSR count). The highest BCUT2D eigenvalue weighted by molar-refractivity contribution is 4.64. The summed E-state index contributed by atoms with van der Waals surface area (Å²) in [7, 11) is 0. The van der Waals surface area contributed by atoms with Crippen LogP contribution in [0.25, 0.3) is 0 Å². The van der Waals surface area contributed by atoms with Crippen LogP contribution in [0.4, 0.5) is 0 Å². The van der Waals surface area contributed by atoms with Gasteiger partial charge in [-0.15, -0.1) is 0 Å². The van der Waals surface area contributed by atoms with E-state index >= 15 is 0 Å². The van der Waals surface area contributed by atoms with Crippen LogP contribution in [0.1, 0.15) is 58.8 Å². The zero-order valence-corrected chi connectivity index (χ0v) is 10.4. The predicted molar refractivity (Wildman–Crippen MR) is 65.2 cm³/mol. The van der Waals surface area contributed by atoms with Gasteiger partial charge < -0.3 is 10.1 Å². The molecular weight excluding hydrogens is 186 g/mol. The maximum Gasteiger partial charge on any atom is 0.0576 e. The average molecular weight is 213 g/mol. The predicted octanol–water partition coefficient (Wildman–Crippen LogP) is 3.11. The highest BCUT2D eigenvalue weighted by Crippen LogP contribution is 2.18. The molecule has 15 heavy (non-hydrogen) atoms. The summed E-state index contributed by atoms with van der Waals surface area (Å²) in [5.41, 5.74) is 0. The number of hydrogen-bond acceptors (Lipinski definition) is 2. The molecule has 0 bridgehead atoms. The third-order valence-electron chi connectivity index (χ3n) is 3.03. The molecule has 0 aliphatic carbocycles. The molecule has 0 amide bonds. The molecule has 1 aliphatic heterocycles. The molecule has 2 heteroatoms. The van der Waals surface area contributed by atoms with Crippen LogP contribution in [-0.4, -0.2) is 25.3 Å². The molecule has 0 aromatic carbocycles. The minimum absolute atomic E-state index is 0.596. The van der Waals surface area contributed by atoms with Crippen molar-refractivity contribution in [2.75, 3.05) is 13.2 Å². The summed E-state index contributed by atoms with van der Waals surface area (Å²) in [6.07, 6.45) is 9.89. The Balaban J connectivity index is 1.76. The van der Waals surface area contributed by atoms with Gasteiger partial charge in [-0.3, -0.25) is 0 Å². The van der Waals surface area contributed by atoms with Crippen molar-refractivity contribution in [1.29, 1.82) is 0 Å². The Morgan fingerprint density at radius 2 is 2.00 bits per heavy atom. The monoisotopic (exact) mass is 213 g/mol. The van der Waals surface area contributed by atoms with Crippen LogP contribution in [0.5, 0.6) is 0 Å². The molecule has 0 saturated carbocycles. The van der Waals surface area contributed by atoms with E-state index in [4.69, 9.17) is 4.74 Å². The molecule has 0 radical (unpaired) electrons. The summed E-state index contributed by atoms with van der Waals surface area (Å²) < 4.78 is 5.60. The van der Waals surface area contributed by atoms with Gasteiger partial charge in [0.25, 0.3) is 0 Å². The molecule has 1 N–H and O–H groups in total. The van der Waals surface area contributed by atoms with E-state index in [1.807, 2.05) is 0 Å². The summed E-state index contributed by atoms with van der Waals surface area (Å²) in [6, 6.07) is 0.636. The van der Waals surface area contributed by atoms with Crippen LogP contribution in [0.2, 0.25) is 0 Å². The Morgan fingerprint density at radius 3 is 2.67 bits per heavy atom. The minimum Gasteiger partial charge on any atom is -0.378 e. The summed E-state index contributed by atoms with van der Waals surface area (Å²) in [5, 5.41) is 3.45. The lowest BCUT2D eigenvalue weighted by Gasteiger charge is -2.09. The quantitative estimate of drug-likeness (QED) is 0.626. The maximum absolute atomic E-state index is 5.60. The summed E-state index contributed by atoms with van der Waals surface area (Å²) in [4.78, 5) is 0. The van der Waals surface area contributed by atoms with Gasteiger partial charge in [-0.2, -0.15) is 0 Å². The Labute approximate surface area is 94.8 Å². The molecule has 0 aromatic heterocycles. The second-order valence-electron chi connectivity index (χ2n) is 4.95. The summed E-state index contributed by atoms with van der Waals surface area (Å²) in [6.45, 7) is 6.59. The first-order chi connectivity index (χ1) is 7.29. The number of hydrogen-bond donors (Lipinski definition) is 1. The van der Waals surface area contributed by atoms with E-state index in [2.05, 4.69) is 19.2 Å². The van der Waals surface area contributed by atoms with E-state index in [0.29, 0.717) is 12.1 Å². The standard InChI is InChI=1S/C13H27NO/c1-12(2)14-10-6-4-3-5-8-13-9-7-11-15-13/h12-14H,3-11H2,1-2H3. The third kappa shape index (κ3) is 6.91. The van der Waals surface area contributed by atoms with Crippen LogP contribution in [0, 0.1) is 0 Å². The van der Waals surface area contributed by atoms with E-state index in [1.165, 1.54) is 51.5 Å². The lowest BCUT2D eigenvalue weighted by molar-refractivity contribution is 0.102. The molecule has 1 atom stereocenters. The fraction of sp³-hybridized carbons (Fsp3) is 1.00. The van der Waals surface area contributed by atoms with Crippen molar-refractivity contribution in [2.24, 2.45) is 0 Å². The van der Waals surface area contributed by atoms with Crippen LogP contribution in [0.3, 0.4) is 0 Å². The maximum atomic E-state index is 5.60. The van der Waals surface area contributed by atoms with Gasteiger partial charge in [0.2, 0.25) is 0 Å². The number of nitrogens with one attached hydrogen (secondary N) is 1. The number of ether oxygens (including phenoxy) is 1. The van der Waals surface area contributed by atoms with Gasteiger partial charge in [-0.25, -0.2) is 0 Å². The van der Waals surface area contributed by atoms with Gasteiger partial charge in [0.1, 0.15) is 0 Å². The highest BCUT2D eigenvalue weighted by Gasteiger charge is 2.14. The van der Waals surface area contributed by atoms with Crippen LogP contribution < -0.4 is 5.32 Å². The van der Waals surface area contributed by atoms with E-state index in [-0.39, 0.29) is 0 Å². The first-order valence-electron chi connectivity index (χ1n) is 6.64. The molecule has 2 nitrogen and oxygen atoms in total. The molecular formula is C13H27NO. The largest absolute Gasteiger partial charge is 0.378 e. The van der Waals surface area contributed by atoms with Gasteiger partial charge in [-0.1, -0.05) is 33.1 Å². The van der Waals surface area contributed by atoms with Crippen molar-refractivity contribution in [3.8, 4) is 0 Å². The average Bonchev–Trinajstić information content (AvgIpc) is 2.68. The fourth-order valence-electron chi connectivity index (χ4n) is 2.11. The highest BCUT2D eigenvalue weighted by atomic mass is 16.5. The topological polar surface area (TPSA) is 21.3 Å². The second-order valence-corrected chi connectivity index (χ2v) is 4.95. The van der Waals surface area contributed by atoms with Crippen molar-refractivity contribution >= 4 is 0 Å². The van der Waals surface area contributed by atoms with Crippen molar-refractivity contribution in [3.63, 3.8) is 0 Å². The van der Waals surface area contributed by atoms with Crippen molar-refractivity contribution in [1.82, 2.24) is 5.32 Å². The van der Waals surface area contributed by atoms with Crippen LogP contribution in [-0.2, 0) is 4.74 Å². The molecule has 1 fully saturated rings. The molecule has 1 unspecified atom stereocenters. The first kappa shape index (κ1) is 13.0. The molecule has 1 heterocycles. The van der Waals surface area contributed by atoms with E-state index < -0.39 is 0 Å². The van der Waals surface area contributed by atoms with Gasteiger partial charge >= 0.3 is 0 Å².